The maximum atomic E-state index is 11.5. The summed E-state index contributed by atoms with van der Waals surface area (Å²) in [6.45, 7) is 0.334. The first-order valence-electron chi connectivity index (χ1n) is 6.39. The first-order valence-corrected chi connectivity index (χ1v) is 6.39. The Balaban J connectivity index is 1.82. The van der Waals surface area contributed by atoms with Crippen LogP contribution in [0.25, 0.3) is 10.9 Å². The van der Waals surface area contributed by atoms with Crippen LogP contribution in [0, 0.1) is 11.3 Å². The van der Waals surface area contributed by atoms with Crippen molar-refractivity contribution in [1.29, 1.82) is 5.26 Å². The molecular weight excluding hydrogens is 240 g/mol. The van der Waals surface area contributed by atoms with Crippen molar-refractivity contribution in [2.24, 2.45) is 0 Å². The molecule has 0 saturated carbocycles. The van der Waals surface area contributed by atoms with E-state index >= 15 is 0 Å². The van der Waals surface area contributed by atoms with Gasteiger partial charge >= 0.3 is 5.97 Å². The van der Waals surface area contributed by atoms with Crippen LogP contribution in [0.15, 0.2) is 30.5 Å². The van der Waals surface area contributed by atoms with Gasteiger partial charge in [-0.25, -0.2) is 0 Å². The molecule has 1 N–H and O–H groups in total. The van der Waals surface area contributed by atoms with E-state index in [0.717, 1.165) is 16.5 Å². The molecule has 19 heavy (non-hydrogen) atoms. The van der Waals surface area contributed by atoms with Crippen molar-refractivity contribution in [3.63, 3.8) is 0 Å². The molecule has 0 fully saturated rings. The fraction of sp³-hybridized carbons (Fsp3) is 0.333. The minimum atomic E-state index is -0.205. The summed E-state index contributed by atoms with van der Waals surface area (Å²) < 4.78 is 5.05. The first-order chi connectivity index (χ1) is 9.31. The monoisotopic (exact) mass is 256 g/mol. The molecular formula is C15H16N2O2. The average Bonchev–Trinajstić information content (AvgIpc) is 2.85. The Kier molecular flexibility index (Phi) is 4.57. The highest BCUT2D eigenvalue weighted by Crippen LogP contribution is 2.19. The van der Waals surface area contributed by atoms with Crippen LogP contribution >= 0.6 is 0 Å². The Morgan fingerprint density at radius 2 is 2.21 bits per heavy atom. The summed E-state index contributed by atoms with van der Waals surface area (Å²) in [7, 11) is 0. The van der Waals surface area contributed by atoms with Gasteiger partial charge in [0.05, 0.1) is 12.7 Å². The molecule has 0 saturated heterocycles. The Hall–Kier alpha value is -2.28. The molecule has 98 valence electrons. The Labute approximate surface area is 112 Å². The van der Waals surface area contributed by atoms with Crippen LogP contribution in [-0.4, -0.2) is 17.6 Å². The lowest BCUT2D eigenvalue weighted by Gasteiger charge is -2.02. The van der Waals surface area contributed by atoms with Gasteiger partial charge in [-0.1, -0.05) is 18.2 Å². The number of ether oxygens (including phenoxy) is 1. The van der Waals surface area contributed by atoms with E-state index in [1.54, 1.807) is 0 Å². The molecule has 4 nitrogen and oxygen atoms in total. The van der Waals surface area contributed by atoms with E-state index in [1.165, 1.54) is 0 Å². The molecule has 0 aliphatic carbocycles. The van der Waals surface area contributed by atoms with Crippen LogP contribution in [-0.2, 0) is 16.0 Å². The number of para-hydroxylation sites is 1. The molecule has 1 aromatic carbocycles. The fourth-order valence-electron chi connectivity index (χ4n) is 1.98. The molecule has 2 aromatic rings. The minimum Gasteiger partial charge on any atom is -0.466 e. The largest absolute Gasteiger partial charge is 0.466 e. The maximum absolute atomic E-state index is 11.5. The van der Waals surface area contributed by atoms with Crippen molar-refractivity contribution in [1.82, 2.24) is 4.98 Å². The van der Waals surface area contributed by atoms with E-state index in [4.69, 9.17) is 10.00 Å². The highest BCUT2D eigenvalue weighted by Gasteiger charge is 2.07. The molecule has 0 radical (unpaired) electrons. The number of hydrogen-bond acceptors (Lipinski definition) is 3. The number of carbonyl (C=O) groups is 1. The summed E-state index contributed by atoms with van der Waals surface area (Å²) in [5.74, 6) is -0.205. The fourth-order valence-corrected chi connectivity index (χ4v) is 1.98. The van der Waals surface area contributed by atoms with Crippen LogP contribution in [0.5, 0.6) is 0 Å². The molecule has 1 heterocycles. The summed E-state index contributed by atoms with van der Waals surface area (Å²) in [5, 5.41) is 9.52. The van der Waals surface area contributed by atoms with Crippen LogP contribution in [0.4, 0.5) is 0 Å². The Morgan fingerprint density at radius 1 is 1.37 bits per heavy atom. The summed E-state index contributed by atoms with van der Waals surface area (Å²) in [6, 6.07) is 10.0. The first kappa shape index (κ1) is 13.2. The third kappa shape index (κ3) is 3.59. The number of esters is 1. The highest BCUT2D eigenvalue weighted by molar-refractivity contribution is 5.83. The van der Waals surface area contributed by atoms with Crippen LogP contribution in [0.2, 0.25) is 0 Å². The SMILES string of the molecule is N#CCCCOC(=O)CCc1c[nH]c2ccccc12. The molecule has 0 amide bonds. The number of aromatic amines is 1. The predicted molar refractivity (Wildman–Crippen MR) is 72.4 cm³/mol. The number of unbranched alkanes of at least 4 members (excludes halogenated alkanes) is 1. The van der Waals surface area contributed by atoms with Crippen LogP contribution in [0.3, 0.4) is 0 Å². The number of H-pyrrole nitrogens is 1. The van der Waals surface area contributed by atoms with Gasteiger partial charge in [0.25, 0.3) is 0 Å². The van der Waals surface area contributed by atoms with E-state index < -0.39 is 0 Å². The summed E-state index contributed by atoms with van der Waals surface area (Å²) >= 11 is 0. The number of nitrogens with one attached hydrogen (secondary N) is 1. The number of aromatic nitrogens is 1. The third-order valence-electron chi connectivity index (χ3n) is 2.97. The van der Waals surface area contributed by atoms with Gasteiger partial charge in [-0.15, -0.1) is 0 Å². The van der Waals surface area contributed by atoms with E-state index in [-0.39, 0.29) is 5.97 Å². The second-order valence-corrected chi connectivity index (χ2v) is 4.34. The Bertz CT molecular complexity index is 595. The van der Waals surface area contributed by atoms with Crippen molar-refractivity contribution in [3.8, 4) is 6.07 Å². The molecule has 0 aliphatic heterocycles. The smallest absolute Gasteiger partial charge is 0.306 e. The lowest BCUT2D eigenvalue weighted by molar-refractivity contribution is -0.143. The van der Waals surface area contributed by atoms with E-state index in [2.05, 4.69) is 4.98 Å². The van der Waals surface area contributed by atoms with Gasteiger partial charge in [-0.05, 0) is 24.5 Å². The van der Waals surface area contributed by atoms with Crippen molar-refractivity contribution in [2.75, 3.05) is 6.61 Å². The lowest BCUT2D eigenvalue weighted by atomic mass is 10.1. The summed E-state index contributed by atoms with van der Waals surface area (Å²) in [4.78, 5) is 14.7. The number of benzene rings is 1. The van der Waals surface area contributed by atoms with Crippen LogP contribution in [0.1, 0.15) is 24.8 Å². The zero-order valence-electron chi connectivity index (χ0n) is 10.7. The number of aryl methyl sites for hydroxylation is 1. The topological polar surface area (TPSA) is 65.9 Å². The zero-order valence-corrected chi connectivity index (χ0v) is 10.7. The standard InChI is InChI=1S/C15H16N2O2/c16-9-3-4-10-19-15(18)8-7-12-11-17-14-6-2-1-5-13(12)14/h1-2,5-6,11,17H,3-4,7-8,10H2. The second kappa shape index (κ2) is 6.60. The second-order valence-electron chi connectivity index (χ2n) is 4.34. The Morgan fingerprint density at radius 3 is 3.05 bits per heavy atom. The lowest BCUT2D eigenvalue weighted by Crippen LogP contribution is -2.06. The minimum absolute atomic E-state index is 0.205. The molecule has 4 heteroatoms. The number of carbonyl (C=O) groups excluding carboxylic acids is 1. The number of rotatable bonds is 6. The van der Waals surface area contributed by atoms with Gasteiger partial charge in [0, 0.05) is 29.9 Å². The normalized spacial score (nSPS) is 10.3. The predicted octanol–water partition coefficient (Wildman–Crippen LogP) is 2.95. The molecule has 0 aliphatic rings. The number of fused-ring (bicyclic) bond motifs is 1. The van der Waals surface area contributed by atoms with Gasteiger partial charge in [-0.3, -0.25) is 4.79 Å². The molecule has 2 rings (SSSR count). The quantitative estimate of drug-likeness (QED) is 0.638. The summed E-state index contributed by atoms with van der Waals surface area (Å²) in [6.07, 6.45) is 4.01. The van der Waals surface area contributed by atoms with E-state index in [0.29, 0.717) is 32.3 Å². The van der Waals surface area contributed by atoms with Gasteiger partial charge in [0.2, 0.25) is 0 Å². The number of hydrogen-bond donors (Lipinski definition) is 1. The molecule has 0 bridgehead atoms. The maximum Gasteiger partial charge on any atom is 0.306 e. The number of nitrogens with zero attached hydrogens (tertiary/aromatic N) is 1. The van der Waals surface area contributed by atoms with Crippen molar-refractivity contribution in [2.45, 2.75) is 25.7 Å². The molecule has 0 spiro atoms. The zero-order chi connectivity index (χ0) is 13.5. The van der Waals surface area contributed by atoms with Crippen molar-refractivity contribution in [3.05, 3.63) is 36.0 Å². The molecule has 1 aromatic heterocycles. The van der Waals surface area contributed by atoms with Gasteiger partial charge in [0.1, 0.15) is 0 Å². The molecule has 0 atom stereocenters. The summed E-state index contributed by atoms with van der Waals surface area (Å²) in [5.41, 5.74) is 2.21. The van der Waals surface area contributed by atoms with Crippen molar-refractivity contribution >= 4 is 16.9 Å². The number of nitriles is 1. The third-order valence-corrected chi connectivity index (χ3v) is 2.97. The van der Waals surface area contributed by atoms with Gasteiger partial charge < -0.3 is 9.72 Å². The molecule has 0 unspecified atom stereocenters. The van der Waals surface area contributed by atoms with Gasteiger partial charge in [0.15, 0.2) is 0 Å². The average molecular weight is 256 g/mol. The van der Waals surface area contributed by atoms with Crippen molar-refractivity contribution < 1.29 is 9.53 Å². The van der Waals surface area contributed by atoms with E-state index in [9.17, 15) is 4.79 Å². The van der Waals surface area contributed by atoms with E-state index in [1.807, 2.05) is 36.5 Å². The highest BCUT2D eigenvalue weighted by atomic mass is 16.5. The van der Waals surface area contributed by atoms with Gasteiger partial charge in [-0.2, -0.15) is 5.26 Å². The van der Waals surface area contributed by atoms with Crippen LogP contribution < -0.4 is 0 Å².